The third-order valence-electron chi connectivity index (χ3n) is 5.13. The highest BCUT2D eigenvalue weighted by molar-refractivity contribution is 7.80. The molecular weight excluding hydrogens is 328 g/mol. The molecule has 0 aliphatic heterocycles. The summed E-state index contributed by atoms with van der Waals surface area (Å²) >= 11 is 6.96. The van der Waals surface area contributed by atoms with Gasteiger partial charge in [0, 0.05) is 10.9 Å². The van der Waals surface area contributed by atoms with Crippen LogP contribution in [0.25, 0.3) is 10.2 Å². The van der Waals surface area contributed by atoms with Crippen molar-refractivity contribution in [3.8, 4) is 0 Å². The minimum Gasteiger partial charge on any atom is -0.358 e. The van der Waals surface area contributed by atoms with Gasteiger partial charge in [0.2, 0.25) is 0 Å². The summed E-state index contributed by atoms with van der Waals surface area (Å²) in [5, 5.41) is 4.55. The maximum atomic E-state index is 12.5. The Morgan fingerprint density at radius 2 is 2.35 bits per heavy atom. The molecule has 2 aromatic heterocycles. The van der Waals surface area contributed by atoms with Crippen LogP contribution in [0, 0.1) is 11.8 Å². The molecule has 0 spiro atoms. The van der Waals surface area contributed by atoms with E-state index in [1.807, 2.05) is 6.07 Å². The van der Waals surface area contributed by atoms with Gasteiger partial charge in [-0.15, -0.1) is 11.3 Å². The second-order valence-corrected chi connectivity index (χ2v) is 8.09. The van der Waals surface area contributed by atoms with Gasteiger partial charge >= 0.3 is 0 Å². The van der Waals surface area contributed by atoms with E-state index < -0.39 is 0 Å². The maximum absolute atomic E-state index is 12.5. The summed E-state index contributed by atoms with van der Waals surface area (Å²) in [4.78, 5) is 18.9. The van der Waals surface area contributed by atoms with Gasteiger partial charge < -0.3 is 5.32 Å². The van der Waals surface area contributed by atoms with Crippen LogP contribution in [0.5, 0.6) is 0 Å². The maximum Gasteiger partial charge on any atom is 0.280 e. The zero-order valence-corrected chi connectivity index (χ0v) is 14.7. The van der Waals surface area contributed by atoms with E-state index in [2.05, 4.69) is 22.7 Å². The summed E-state index contributed by atoms with van der Waals surface area (Å²) in [5.41, 5.74) is 2.89. The molecule has 2 heterocycles. The first-order chi connectivity index (χ1) is 11.1. The molecular formula is C16H20N4OS2. The highest BCUT2D eigenvalue weighted by Crippen LogP contribution is 2.44. The molecule has 7 heteroatoms. The average molecular weight is 348 g/mol. The van der Waals surface area contributed by atoms with Crippen molar-refractivity contribution < 1.29 is 0 Å². The van der Waals surface area contributed by atoms with E-state index in [4.69, 9.17) is 12.2 Å². The van der Waals surface area contributed by atoms with Gasteiger partial charge in [-0.05, 0) is 55.8 Å². The van der Waals surface area contributed by atoms with Crippen molar-refractivity contribution in [2.45, 2.75) is 45.1 Å². The fourth-order valence-corrected chi connectivity index (χ4v) is 5.13. The highest BCUT2D eigenvalue weighted by atomic mass is 32.1. The molecule has 122 valence electrons. The van der Waals surface area contributed by atoms with Gasteiger partial charge in [-0.1, -0.05) is 13.3 Å². The third-order valence-corrected chi connectivity index (χ3v) is 6.52. The number of aromatic nitrogens is 2. The fourth-order valence-electron chi connectivity index (χ4n) is 3.96. The van der Waals surface area contributed by atoms with Crippen molar-refractivity contribution >= 4 is 38.9 Å². The van der Waals surface area contributed by atoms with Gasteiger partial charge in [-0.25, -0.2) is 9.66 Å². The van der Waals surface area contributed by atoms with E-state index in [0.717, 1.165) is 23.1 Å². The Morgan fingerprint density at radius 3 is 3.04 bits per heavy atom. The van der Waals surface area contributed by atoms with E-state index in [9.17, 15) is 4.79 Å². The lowest BCUT2D eigenvalue weighted by Gasteiger charge is -2.24. The number of aryl methyl sites for hydroxylation is 1. The predicted molar refractivity (Wildman–Crippen MR) is 97.6 cm³/mol. The molecule has 0 amide bonds. The zero-order chi connectivity index (χ0) is 16.0. The van der Waals surface area contributed by atoms with Gasteiger partial charge in [0.15, 0.2) is 5.11 Å². The summed E-state index contributed by atoms with van der Waals surface area (Å²) < 4.78 is 1.39. The quantitative estimate of drug-likeness (QED) is 0.835. The molecule has 0 unspecified atom stereocenters. The Bertz CT molecular complexity index is 812. The molecule has 0 radical (unpaired) electrons. The second kappa shape index (κ2) is 5.87. The largest absolute Gasteiger partial charge is 0.358 e. The molecule has 5 nitrogen and oxygen atoms in total. The number of thiophene rings is 1. The van der Waals surface area contributed by atoms with Crippen molar-refractivity contribution in [3.05, 3.63) is 27.6 Å². The summed E-state index contributed by atoms with van der Waals surface area (Å²) in [6, 6.07) is 2.38. The molecule has 2 saturated carbocycles. The average Bonchev–Trinajstić information content (AvgIpc) is 3.24. The van der Waals surface area contributed by atoms with Crippen molar-refractivity contribution in [2.24, 2.45) is 11.8 Å². The summed E-state index contributed by atoms with van der Waals surface area (Å²) in [6.07, 6.45) is 7.62. The smallest absolute Gasteiger partial charge is 0.280 e. The molecule has 2 bridgehead atoms. The van der Waals surface area contributed by atoms with Crippen LogP contribution in [0.15, 0.2) is 17.2 Å². The predicted octanol–water partition coefficient (Wildman–Crippen LogP) is 2.63. The number of nitrogens with one attached hydrogen (secondary N) is 2. The summed E-state index contributed by atoms with van der Waals surface area (Å²) in [7, 11) is 0. The van der Waals surface area contributed by atoms with Crippen LogP contribution in [0.1, 0.15) is 37.5 Å². The number of fused-ring (bicyclic) bond motifs is 3. The van der Waals surface area contributed by atoms with Gasteiger partial charge in [0.1, 0.15) is 11.2 Å². The summed E-state index contributed by atoms with van der Waals surface area (Å²) in [6.45, 7) is 2.08. The fraction of sp³-hybridized carbons (Fsp3) is 0.562. The molecule has 3 atom stereocenters. The Balaban J connectivity index is 1.49. The number of nitrogens with zero attached hydrogens (tertiary/aromatic N) is 2. The number of hydrogen-bond donors (Lipinski definition) is 2. The van der Waals surface area contributed by atoms with Crippen LogP contribution >= 0.6 is 23.6 Å². The van der Waals surface area contributed by atoms with E-state index in [-0.39, 0.29) is 5.56 Å². The lowest BCUT2D eigenvalue weighted by Crippen LogP contribution is -2.45. The van der Waals surface area contributed by atoms with E-state index in [0.29, 0.717) is 16.5 Å². The minimum absolute atomic E-state index is 0.0944. The van der Waals surface area contributed by atoms with E-state index in [1.54, 1.807) is 11.3 Å². The van der Waals surface area contributed by atoms with Crippen molar-refractivity contribution in [1.82, 2.24) is 15.0 Å². The van der Waals surface area contributed by atoms with Crippen LogP contribution < -0.4 is 16.3 Å². The van der Waals surface area contributed by atoms with Crippen LogP contribution in [0.4, 0.5) is 0 Å². The molecule has 2 aliphatic carbocycles. The SMILES string of the molecule is CCc1cc2c(=O)n(NC(=S)N[C@H]3C[C@H]4CC[C@H]3C4)cnc2s1. The Hall–Kier alpha value is -1.47. The Labute approximate surface area is 144 Å². The van der Waals surface area contributed by atoms with Crippen molar-refractivity contribution in [3.63, 3.8) is 0 Å². The van der Waals surface area contributed by atoms with Gasteiger partial charge in [-0.2, -0.15) is 0 Å². The van der Waals surface area contributed by atoms with Crippen molar-refractivity contribution in [2.75, 3.05) is 5.43 Å². The second-order valence-electron chi connectivity index (χ2n) is 6.57. The molecule has 2 aliphatic rings. The molecule has 4 rings (SSSR count). The number of rotatable bonds is 3. The van der Waals surface area contributed by atoms with E-state index >= 15 is 0 Å². The normalized spacial score (nSPS) is 25.9. The number of hydrogen-bond acceptors (Lipinski definition) is 4. The first-order valence-electron chi connectivity index (χ1n) is 8.21. The van der Waals surface area contributed by atoms with Crippen molar-refractivity contribution in [1.29, 1.82) is 0 Å². The highest BCUT2D eigenvalue weighted by Gasteiger charge is 2.39. The zero-order valence-electron chi connectivity index (χ0n) is 13.0. The lowest BCUT2D eigenvalue weighted by molar-refractivity contribution is 0.391. The van der Waals surface area contributed by atoms with Gasteiger partial charge in [0.25, 0.3) is 5.56 Å². The summed E-state index contributed by atoms with van der Waals surface area (Å²) in [5.74, 6) is 1.60. The van der Waals surface area contributed by atoms with Crippen LogP contribution in [0.2, 0.25) is 0 Å². The van der Waals surface area contributed by atoms with Gasteiger partial charge in [-0.3, -0.25) is 10.2 Å². The lowest BCUT2D eigenvalue weighted by atomic mass is 9.96. The first-order valence-corrected chi connectivity index (χ1v) is 9.44. The third kappa shape index (κ3) is 2.76. The van der Waals surface area contributed by atoms with Gasteiger partial charge in [0.05, 0.1) is 5.39 Å². The molecule has 0 saturated heterocycles. The molecule has 0 aromatic carbocycles. The standard InChI is InChI=1S/C16H20N4OS2/c1-2-11-7-12-14(23-11)17-8-20(15(12)21)19-16(22)18-13-6-9-3-4-10(13)5-9/h7-10,13H,2-6H2,1H3,(H2,18,19,22)/t9-,10-,13-/m0/s1. The van der Waals surface area contributed by atoms with Crippen LogP contribution in [-0.4, -0.2) is 20.8 Å². The number of thiocarbonyl (C=S) groups is 1. The monoisotopic (exact) mass is 348 g/mol. The van der Waals surface area contributed by atoms with Crippen LogP contribution in [0.3, 0.4) is 0 Å². The molecule has 2 aromatic rings. The first kappa shape index (κ1) is 15.1. The van der Waals surface area contributed by atoms with E-state index in [1.165, 1.54) is 41.6 Å². The minimum atomic E-state index is -0.0944. The topological polar surface area (TPSA) is 59.0 Å². The Morgan fingerprint density at radius 1 is 1.48 bits per heavy atom. The van der Waals surface area contributed by atoms with Crippen LogP contribution in [-0.2, 0) is 6.42 Å². The Kier molecular flexibility index (Phi) is 3.85. The molecule has 2 N–H and O–H groups in total. The molecule has 2 fully saturated rings. The molecule has 23 heavy (non-hydrogen) atoms.